The van der Waals surface area contributed by atoms with Gasteiger partial charge in [-0.05, 0) is 36.4 Å². The third kappa shape index (κ3) is 6.96. The van der Waals surface area contributed by atoms with Crippen molar-refractivity contribution in [3.63, 3.8) is 0 Å². The molecule has 0 aromatic heterocycles. The molecule has 0 unspecified atom stereocenters. The van der Waals surface area contributed by atoms with Gasteiger partial charge in [-0.15, -0.1) is 0 Å². The molecule has 0 aliphatic carbocycles. The van der Waals surface area contributed by atoms with Crippen LogP contribution in [0.4, 0.5) is 0 Å². The molecule has 2 rings (SSSR count). The summed E-state index contributed by atoms with van der Waals surface area (Å²) in [5.41, 5.74) is 1.17. The van der Waals surface area contributed by atoms with Crippen LogP contribution in [0.15, 0.2) is 46.4 Å². The van der Waals surface area contributed by atoms with Gasteiger partial charge in [-0.1, -0.05) is 0 Å². The molecule has 0 atom stereocenters. The number of halogens is 1. The summed E-state index contributed by atoms with van der Waals surface area (Å²) in [6.45, 7) is 0.912. The van der Waals surface area contributed by atoms with Gasteiger partial charge in [-0.2, -0.15) is 0 Å². The fraction of sp³-hybridized carbons (Fsp3) is 0.222. The van der Waals surface area contributed by atoms with Crippen molar-refractivity contribution in [2.45, 2.75) is 0 Å². The number of phenols is 2. The SMILES string of the molecule is COc1ccc(O)c(C=NCCN=Cc2cc(OC)ccc2O)c1.[Cl-].[Mn+2]. The summed E-state index contributed by atoms with van der Waals surface area (Å²) >= 11 is 0. The van der Waals surface area contributed by atoms with Crippen LogP contribution in [-0.2, 0) is 17.1 Å². The van der Waals surface area contributed by atoms with Crippen molar-refractivity contribution in [2.75, 3.05) is 27.3 Å². The molecule has 2 aromatic rings. The smallest absolute Gasteiger partial charge is 1.00 e. The molecule has 139 valence electrons. The molecule has 1 radical (unpaired) electrons. The van der Waals surface area contributed by atoms with Crippen LogP contribution in [0.25, 0.3) is 0 Å². The average Bonchev–Trinajstić information content (AvgIpc) is 2.60. The monoisotopic (exact) mass is 418 g/mol. The Balaban J connectivity index is 0.00000312. The molecule has 0 bridgehead atoms. The van der Waals surface area contributed by atoms with Gasteiger partial charge in [0.15, 0.2) is 0 Å². The van der Waals surface area contributed by atoms with Gasteiger partial charge in [-0.3, -0.25) is 9.98 Å². The molecule has 0 aliphatic heterocycles. The van der Waals surface area contributed by atoms with Crippen molar-refractivity contribution in [3.05, 3.63) is 47.5 Å². The second kappa shape index (κ2) is 12.2. The number of ether oxygens (including phenoxy) is 2. The fourth-order valence-corrected chi connectivity index (χ4v) is 1.97. The summed E-state index contributed by atoms with van der Waals surface area (Å²) in [5, 5.41) is 19.5. The summed E-state index contributed by atoms with van der Waals surface area (Å²) in [6, 6.07) is 9.88. The van der Waals surface area contributed by atoms with E-state index in [0.717, 1.165) is 0 Å². The van der Waals surface area contributed by atoms with E-state index in [1.54, 1.807) is 63.0 Å². The first-order chi connectivity index (χ1) is 11.6. The summed E-state index contributed by atoms with van der Waals surface area (Å²) < 4.78 is 10.2. The maximum absolute atomic E-state index is 9.75. The Bertz CT molecular complexity index is 690. The maximum Gasteiger partial charge on any atom is 2.00 e. The Morgan fingerprint density at radius 2 is 1.19 bits per heavy atom. The van der Waals surface area contributed by atoms with Crippen LogP contribution in [0.2, 0.25) is 0 Å². The third-order valence-electron chi connectivity index (χ3n) is 3.29. The standard InChI is InChI=1S/C18H20N2O4.ClH.Mn/c1-23-15-3-5-17(21)13(9-15)11-19-7-8-20-12-14-10-16(24-2)4-6-18(14)22;;/h3-6,9-12,21-22H,7-8H2,1-2H3;1H;/q;;+2/p-1. The zero-order valence-electron chi connectivity index (χ0n) is 14.4. The van der Waals surface area contributed by atoms with Crippen LogP contribution < -0.4 is 21.9 Å². The third-order valence-corrected chi connectivity index (χ3v) is 3.29. The molecule has 8 heteroatoms. The van der Waals surface area contributed by atoms with Crippen LogP contribution in [0.1, 0.15) is 11.1 Å². The zero-order valence-corrected chi connectivity index (χ0v) is 16.3. The second-order valence-electron chi connectivity index (χ2n) is 4.92. The molecule has 0 heterocycles. The topological polar surface area (TPSA) is 83.6 Å². The van der Waals surface area contributed by atoms with Gasteiger partial charge in [0.25, 0.3) is 0 Å². The molecule has 0 spiro atoms. The van der Waals surface area contributed by atoms with E-state index in [4.69, 9.17) is 9.47 Å². The van der Waals surface area contributed by atoms with Gasteiger partial charge in [0.1, 0.15) is 23.0 Å². The van der Waals surface area contributed by atoms with Crippen molar-refractivity contribution in [2.24, 2.45) is 9.98 Å². The Morgan fingerprint density at radius 3 is 1.54 bits per heavy atom. The number of phenolic OH excluding ortho intramolecular Hbond substituents is 2. The average molecular weight is 419 g/mol. The molecule has 26 heavy (non-hydrogen) atoms. The van der Waals surface area contributed by atoms with Gasteiger partial charge < -0.3 is 32.1 Å². The van der Waals surface area contributed by atoms with Crippen LogP contribution in [-0.4, -0.2) is 50.0 Å². The number of methoxy groups -OCH3 is 2. The Morgan fingerprint density at radius 1 is 0.808 bits per heavy atom. The maximum atomic E-state index is 9.75. The quantitative estimate of drug-likeness (QED) is 0.366. The van der Waals surface area contributed by atoms with Gasteiger partial charge >= 0.3 is 17.1 Å². The molecule has 0 saturated carbocycles. The van der Waals surface area contributed by atoms with E-state index in [1.807, 2.05) is 0 Å². The van der Waals surface area contributed by atoms with E-state index in [2.05, 4.69) is 9.98 Å². The molecule has 0 saturated heterocycles. The van der Waals surface area contributed by atoms with E-state index < -0.39 is 0 Å². The first-order valence-electron chi connectivity index (χ1n) is 7.37. The molecule has 0 aliphatic rings. The van der Waals surface area contributed by atoms with E-state index >= 15 is 0 Å². The van der Waals surface area contributed by atoms with Gasteiger partial charge in [0, 0.05) is 23.6 Å². The largest absolute Gasteiger partial charge is 2.00 e. The predicted molar refractivity (Wildman–Crippen MR) is 94.2 cm³/mol. The summed E-state index contributed by atoms with van der Waals surface area (Å²) in [4.78, 5) is 8.45. The van der Waals surface area contributed by atoms with Crippen molar-refractivity contribution in [1.82, 2.24) is 0 Å². The van der Waals surface area contributed by atoms with Crippen LogP contribution in [0.5, 0.6) is 23.0 Å². The van der Waals surface area contributed by atoms with Crippen molar-refractivity contribution in [1.29, 1.82) is 0 Å². The number of rotatable bonds is 7. The summed E-state index contributed by atoms with van der Waals surface area (Å²) in [5.74, 6) is 1.59. The van der Waals surface area contributed by atoms with E-state index in [1.165, 1.54) is 0 Å². The second-order valence-corrected chi connectivity index (χ2v) is 4.92. The van der Waals surface area contributed by atoms with Gasteiger partial charge in [-0.25, -0.2) is 0 Å². The molecule has 2 N–H and O–H groups in total. The van der Waals surface area contributed by atoms with Crippen molar-refractivity contribution in [3.8, 4) is 23.0 Å². The minimum Gasteiger partial charge on any atom is -1.00 e. The van der Waals surface area contributed by atoms with E-state index in [-0.39, 0.29) is 41.0 Å². The number of aromatic hydroxyl groups is 2. The summed E-state index contributed by atoms with van der Waals surface area (Å²) in [6.07, 6.45) is 3.16. The molecule has 0 fully saturated rings. The minimum atomic E-state index is 0. The number of hydrogen-bond donors (Lipinski definition) is 2. The van der Waals surface area contributed by atoms with Gasteiger partial charge in [0.2, 0.25) is 0 Å². The number of aliphatic imine (C=N–C) groups is 2. The molecular formula is C18H20ClMnN2O4+. The Kier molecular flexibility index (Phi) is 11.2. The van der Waals surface area contributed by atoms with Crippen molar-refractivity contribution >= 4 is 12.4 Å². The fourth-order valence-electron chi connectivity index (χ4n) is 1.97. The number of benzene rings is 2. The van der Waals surface area contributed by atoms with Crippen LogP contribution >= 0.6 is 0 Å². The predicted octanol–water partition coefficient (Wildman–Crippen LogP) is -0.346. The first-order valence-corrected chi connectivity index (χ1v) is 7.37. The number of hydrogen-bond acceptors (Lipinski definition) is 6. The van der Waals surface area contributed by atoms with E-state index in [9.17, 15) is 10.2 Å². The first kappa shape index (κ1) is 23.8. The molecule has 2 aromatic carbocycles. The molecular weight excluding hydrogens is 399 g/mol. The summed E-state index contributed by atoms with van der Waals surface area (Å²) in [7, 11) is 3.13. The molecule has 0 amide bonds. The van der Waals surface area contributed by atoms with Crippen LogP contribution in [0, 0.1) is 0 Å². The normalized spacial score (nSPS) is 10.4. The van der Waals surface area contributed by atoms with Crippen molar-refractivity contribution < 1.29 is 49.2 Å². The minimum absolute atomic E-state index is 0. The Hall–Kier alpha value is -2.21. The van der Waals surface area contributed by atoms with Crippen LogP contribution in [0.3, 0.4) is 0 Å². The molecule has 6 nitrogen and oxygen atoms in total. The zero-order chi connectivity index (χ0) is 17.4. The Labute approximate surface area is 169 Å². The van der Waals surface area contributed by atoms with E-state index in [0.29, 0.717) is 35.7 Å². The van der Waals surface area contributed by atoms with Gasteiger partial charge in [0.05, 0.1) is 27.3 Å². The number of nitrogens with zero attached hydrogens (tertiary/aromatic N) is 2.